The van der Waals surface area contributed by atoms with Gasteiger partial charge < -0.3 is 10.4 Å². The first-order valence-electron chi connectivity index (χ1n) is 9.41. The summed E-state index contributed by atoms with van der Waals surface area (Å²) in [5, 5.41) is 16.5. The zero-order chi connectivity index (χ0) is 20.5. The lowest BCUT2D eigenvalue weighted by Crippen LogP contribution is -2.42. The predicted octanol–water partition coefficient (Wildman–Crippen LogP) is 3.26. The van der Waals surface area contributed by atoms with Crippen LogP contribution in [0.25, 0.3) is 5.69 Å². The first-order chi connectivity index (χ1) is 13.3. The number of fused-ring (bicyclic) bond motifs is 1. The van der Waals surface area contributed by atoms with E-state index < -0.39 is 28.9 Å². The van der Waals surface area contributed by atoms with Gasteiger partial charge in [-0.3, -0.25) is 9.59 Å². The average Bonchev–Trinajstić information content (AvgIpc) is 3.27. The number of nitrogens with zero attached hydrogens (tertiary/aromatic N) is 2. The number of amides is 1. The third kappa shape index (κ3) is 3.27. The molecule has 0 atom stereocenters. The molecule has 2 aromatic rings. The lowest BCUT2D eigenvalue weighted by atomic mass is 9.82. The van der Waals surface area contributed by atoms with Gasteiger partial charge in [-0.1, -0.05) is 19.9 Å². The summed E-state index contributed by atoms with van der Waals surface area (Å²) >= 11 is 0. The summed E-state index contributed by atoms with van der Waals surface area (Å²) in [7, 11) is 0. The highest BCUT2D eigenvalue weighted by molar-refractivity contribution is 5.94. The molecule has 6 nitrogen and oxygen atoms in total. The quantitative estimate of drug-likeness (QED) is 0.759. The Kier molecular flexibility index (Phi) is 5.49. The summed E-state index contributed by atoms with van der Waals surface area (Å²) < 4.78 is 29.2. The Morgan fingerprint density at radius 3 is 2.61 bits per heavy atom. The van der Waals surface area contributed by atoms with Crippen LogP contribution in [0.5, 0.6) is 0 Å². The van der Waals surface area contributed by atoms with Crippen molar-refractivity contribution in [3.05, 3.63) is 46.8 Å². The van der Waals surface area contributed by atoms with Crippen molar-refractivity contribution in [3.63, 3.8) is 0 Å². The van der Waals surface area contributed by atoms with E-state index >= 15 is 0 Å². The predicted molar refractivity (Wildman–Crippen MR) is 98.5 cm³/mol. The minimum Gasteiger partial charge on any atom is -0.481 e. The summed E-state index contributed by atoms with van der Waals surface area (Å²) in [6.45, 7) is 3.51. The molecule has 0 aliphatic heterocycles. The van der Waals surface area contributed by atoms with Crippen molar-refractivity contribution in [3.8, 4) is 5.69 Å². The third-order valence-electron chi connectivity index (χ3n) is 5.70. The van der Waals surface area contributed by atoms with Crippen LogP contribution >= 0.6 is 0 Å². The van der Waals surface area contributed by atoms with Gasteiger partial charge in [-0.2, -0.15) is 5.10 Å². The molecule has 1 aromatic heterocycles. The van der Waals surface area contributed by atoms with Gasteiger partial charge in [0.15, 0.2) is 17.3 Å². The van der Waals surface area contributed by atoms with Crippen molar-refractivity contribution in [2.45, 2.75) is 46.0 Å². The van der Waals surface area contributed by atoms with Crippen LogP contribution < -0.4 is 5.32 Å². The van der Waals surface area contributed by atoms with Crippen LogP contribution in [-0.2, 0) is 17.6 Å². The number of carboxylic acid groups (broad SMARTS) is 1. The smallest absolute Gasteiger partial charge is 0.311 e. The SMILES string of the molecule is CCC(CC)(CNC(=O)c1nn(-c2cccc(F)c2F)c2c1CCC2)C(=O)O. The van der Waals surface area contributed by atoms with Gasteiger partial charge >= 0.3 is 5.97 Å². The van der Waals surface area contributed by atoms with Crippen molar-refractivity contribution in [2.75, 3.05) is 6.54 Å². The number of hydrogen-bond acceptors (Lipinski definition) is 3. The second-order valence-corrected chi connectivity index (χ2v) is 7.09. The zero-order valence-corrected chi connectivity index (χ0v) is 15.9. The molecule has 28 heavy (non-hydrogen) atoms. The first kappa shape index (κ1) is 20.0. The van der Waals surface area contributed by atoms with Gasteiger partial charge in [0.25, 0.3) is 5.91 Å². The van der Waals surface area contributed by atoms with E-state index in [1.165, 1.54) is 16.8 Å². The molecule has 1 amide bonds. The molecule has 2 N–H and O–H groups in total. The van der Waals surface area contributed by atoms with Crippen LogP contribution in [0.2, 0.25) is 0 Å². The minimum atomic E-state index is -1.05. The number of hydrogen-bond donors (Lipinski definition) is 2. The van der Waals surface area contributed by atoms with Crippen LogP contribution in [0.15, 0.2) is 18.2 Å². The zero-order valence-electron chi connectivity index (χ0n) is 15.9. The van der Waals surface area contributed by atoms with Gasteiger partial charge in [0.2, 0.25) is 0 Å². The molecule has 1 aliphatic rings. The summed E-state index contributed by atoms with van der Waals surface area (Å²) in [5.41, 5.74) is 0.442. The molecule has 1 aliphatic carbocycles. The molecule has 0 bridgehead atoms. The Hall–Kier alpha value is -2.77. The Balaban J connectivity index is 1.92. The molecule has 3 rings (SSSR count). The maximum absolute atomic E-state index is 14.2. The van der Waals surface area contributed by atoms with Gasteiger partial charge in [-0.25, -0.2) is 13.5 Å². The second kappa shape index (κ2) is 7.69. The Bertz CT molecular complexity index is 920. The summed E-state index contributed by atoms with van der Waals surface area (Å²) in [6.07, 6.45) is 2.75. The molecule has 1 aromatic carbocycles. The van der Waals surface area contributed by atoms with Crippen LogP contribution in [0.4, 0.5) is 8.78 Å². The molecule has 0 spiro atoms. The number of benzene rings is 1. The number of aromatic nitrogens is 2. The van der Waals surface area contributed by atoms with Crippen LogP contribution in [0.1, 0.15) is 54.9 Å². The van der Waals surface area contributed by atoms with Crippen molar-refractivity contribution in [1.29, 1.82) is 0 Å². The first-order valence-corrected chi connectivity index (χ1v) is 9.41. The van der Waals surface area contributed by atoms with E-state index in [4.69, 9.17) is 0 Å². The summed E-state index contributed by atoms with van der Waals surface area (Å²) in [4.78, 5) is 24.4. The molecule has 0 fully saturated rings. The maximum atomic E-state index is 14.2. The molecule has 0 unspecified atom stereocenters. The standard InChI is InChI=1S/C20H23F2N3O3/c1-3-20(4-2,19(27)28)11-23-18(26)17-12-7-5-9-14(12)25(24-17)15-10-6-8-13(21)16(15)22/h6,8,10H,3-5,7,9,11H2,1-2H3,(H,23,26)(H,27,28). The van der Waals surface area contributed by atoms with E-state index in [2.05, 4.69) is 10.4 Å². The van der Waals surface area contributed by atoms with Crippen LogP contribution in [-0.4, -0.2) is 33.3 Å². The van der Waals surface area contributed by atoms with E-state index in [0.29, 0.717) is 36.9 Å². The highest BCUT2D eigenvalue weighted by Crippen LogP contribution is 2.30. The minimum absolute atomic E-state index is 0.0237. The normalized spacial score (nSPS) is 13.4. The molecular weight excluding hydrogens is 368 g/mol. The van der Waals surface area contributed by atoms with Crippen LogP contribution in [0.3, 0.4) is 0 Å². The van der Waals surface area contributed by atoms with Crippen molar-refractivity contribution < 1.29 is 23.5 Å². The molecule has 1 heterocycles. The summed E-state index contributed by atoms with van der Waals surface area (Å²) in [6, 6.07) is 3.83. The van der Waals surface area contributed by atoms with Gasteiger partial charge in [-0.05, 0) is 44.2 Å². The van der Waals surface area contributed by atoms with E-state index in [-0.39, 0.29) is 17.9 Å². The third-order valence-corrected chi connectivity index (χ3v) is 5.70. The largest absolute Gasteiger partial charge is 0.481 e. The second-order valence-electron chi connectivity index (χ2n) is 7.09. The summed E-state index contributed by atoms with van der Waals surface area (Å²) in [5.74, 6) is -3.46. The number of carbonyl (C=O) groups excluding carboxylic acids is 1. The van der Waals surface area contributed by atoms with E-state index in [1.54, 1.807) is 13.8 Å². The monoisotopic (exact) mass is 391 g/mol. The molecule has 150 valence electrons. The topological polar surface area (TPSA) is 84.2 Å². The fourth-order valence-corrected chi connectivity index (χ4v) is 3.69. The average molecular weight is 391 g/mol. The Morgan fingerprint density at radius 2 is 1.96 bits per heavy atom. The van der Waals surface area contributed by atoms with Crippen molar-refractivity contribution in [2.24, 2.45) is 5.41 Å². The fraction of sp³-hybridized carbons (Fsp3) is 0.450. The highest BCUT2D eigenvalue weighted by atomic mass is 19.2. The van der Waals surface area contributed by atoms with Crippen molar-refractivity contribution in [1.82, 2.24) is 15.1 Å². The molecule has 0 saturated carbocycles. The van der Waals surface area contributed by atoms with Gasteiger partial charge in [0, 0.05) is 17.8 Å². The number of halogens is 2. The van der Waals surface area contributed by atoms with Gasteiger partial charge in [-0.15, -0.1) is 0 Å². The fourth-order valence-electron chi connectivity index (χ4n) is 3.69. The number of aliphatic carboxylic acids is 1. The van der Waals surface area contributed by atoms with E-state index in [9.17, 15) is 23.5 Å². The molecule has 0 saturated heterocycles. The number of carboxylic acids is 1. The van der Waals surface area contributed by atoms with Crippen LogP contribution in [0, 0.1) is 17.0 Å². The van der Waals surface area contributed by atoms with Crippen molar-refractivity contribution >= 4 is 11.9 Å². The maximum Gasteiger partial charge on any atom is 0.311 e. The number of carbonyl (C=O) groups is 2. The lowest BCUT2D eigenvalue weighted by Gasteiger charge is -2.26. The Labute approximate surface area is 161 Å². The highest BCUT2D eigenvalue weighted by Gasteiger charge is 2.36. The Morgan fingerprint density at radius 1 is 1.25 bits per heavy atom. The molecule has 0 radical (unpaired) electrons. The molecular formula is C20H23F2N3O3. The lowest BCUT2D eigenvalue weighted by molar-refractivity contribution is -0.149. The number of nitrogens with one attached hydrogen (secondary N) is 1. The number of rotatable bonds is 7. The van der Waals surface area contributed by atoms with Gasteiger partial charge in [0.05, 0.1) is 5.41 Å². The van der Waals surface area contributed by atoms with Gasteiger partial charge in [0.1, 0.15) is 5.69 Å². The van der Waals surface area contributed by atoms with E-state index in [0.717, 1.165) is 12.5 Å². The van der Waals surface area contributed by atoms with E-state index in [1.807, 2.05) is 0 Å². The molecule has 8 heteroatoms.